The number of methoxy groups -OCH3 is 1. The molecule has 0 saturated heterocycles. The van der Waals surface area contributed by atoms with Crippen molar-refractivity contribution in [3.05, 3.63) is 0 Å². The van der Waals surface area contributed by atoms with Crippen LogP contribution in [0.25, 0.3) is 0 Å². The van der Waals surface area contributed by atoms with Gasteiger partial charge in [-0.1, -0.05) is 13.8 Å². The monoisotopic (exact) mass is 203 g/mol. The second-order valence-electron chi connectivity index (χ2n) is 3.45. The molecule has 0 saturated carbocycles. The molecule has 0 radical (unpaired) electrons. The Bertz CT molecular complexity index is 167. The molecule has 0 unspecified atom stereocenters. The summed E-state index contributed by atoms with van der Waals surface area (Å²) in [6.45, 7) is 4.95. The van der Waals surface area contributed by atoms with E-state index < -0.39 is 0 Å². The maximum Gasteiger partial charge on any atom is 0.307 e. The Balaban J connectivity index is 3.57. The quantitative estimate of drug-likeness (QED) is 0.497. The van der Waals surface area contributed by atoms with Crippen LogP contribution in [0, 0.1) is 0 Å². The molecule has 0 aromatic carbocycles. The smallest absolute Gasteiger partial charge is 0.307 e. The van der Waals surface area contributed by atoms with Crippen LogP contribution in [0.3, 0.4) is 0 Å². The van der Waals surface area contributed by atoms with Crippen molar-refractivity contribution in [1.82, 2.24) is 0 Å². The minimum absolute atomic E-state index is 0.249. The standard InChI is InChI=1S/C10H21NO3/c1-4-10(11,5-2)8-14-7-6-9(12)13-3/h4-8,11H2,1-3H3. The third-order valence-electron chi connectivity index (χ3n) is 2.48. The lowest BCUT2D eigenvalue weighted by Gasteiger charge is -2.26. The molecule has 0 heterocycles. The summed E-state index contributed by atoms with van der Waals surface area (Å²) < 4.78 is 9.81. The van der Waals surface area contributed by atoms with Crippen molar-refractivity contribution in [3.63, 3.8) is 0 Å². The normalized spacial score (nSPS) is 11.4. The van der Waals surface area contributed by atoms with Gasteiger partial charge >= 0.3 is 5.97 Å². The molecule has 4 nitrogen and oxygen atoms in total. The van der Waals surface area contributed by atoms with Crippen molar-refractivity contribution in [2.24, 2.45) is 5.73 Å². The summed E-state index contributed by atoms with van der Waals surface area (Å²) in [6.07, 6.45) is 2.05. The molecule has 0 atom stereocenters. The van der Waals surface area contributed by atoms with E-state index in [1.54, 1.807) is 0 Å². The van der Waals surface area contributed by atoms with Gasteiger partial charge in [-0.2, -0.15) is 0 Å². The second kappa shape index (κ2) is 6.79. The van der Waals surface area contributed by atoms with Crippen LogP contribution in [0.1, 0.15) is 33.1 Å². The fraction of sp³-hybridized carbons (Fsp3) is 0.900. The van der Waals surface area contributed by atoms with Gasteiger partial charge in [-0.3, -0.25) is 4.79 Å². The molecule has 0 aliphatic rings. The Kier molecular flexibility index (Phi) is 6.49. The molecule has 14 heavy (non-hydrogen) atoms. The zero-order valence-electron chi connectivity index (χ0n) is 9.34. The number of rotatable bonds is 7. The Labute approximate surface area is 85.8 Å². The fourth-order valence-corrected chi connectivity index (χ4v) is 0.987. The maximum atomic E-state index is 10.7. The highest BCUT2D eigenvalue weighted by atomic mass is 16.5. The summed E-state index contributed by atoms with van der Waals surface area (Å²) in [5, 5.41) is 0. The minimum atomic E-state index is -0.254. The van der Waals surface area contributed by atoms with E-state index in [2.05, 4.69) is 4.74 Å². The molecule has 0 aromatic heterocycles. The van der Waals surface area contributed by atoms with E-state index in [9.17, 15) is 4.79 Å². The lowest BCUT2D eigenvalue weighted by molar-refractivity contribution is -0.142. The van der Waals surface area contributed by atoms with Gasteiger partial charge in [0, 0.05) is 5.54 Å². The van der Waals surface area contributed by atoms with Gasteiger partial charge in [-0.15, -0.1) is 0 Å². The average Bonchev–Trinajstić information content (AvgIpc) is 2.23. The molecule has 2 N–H and O–H groups in total. The van der Waals surface area contributed by atoms with Crippen LogP contribution in [-0.4, -0.2) is 31.8 Å². The van der Waals surface area contributed by atoms with Crippen LogP contribution >= 0.6 is 0 Å². The number of ether oxygens (including phenoxy) is 2. The minimum Gasteiger partial charge on any atom is -0.469 e. The molecular weight excluding hydrogens is 182 g/mol. The number of nitrogens with two attached hydrogens (primary N) is 1. The molecule has 0 bridgehead atoms. The molecule has 0 aliphatic heterocycles. The zero-order chi connectivity index (χ0) is 11.0. The molecule has 84 valence electrons. The van der Waals surface area contributed by atoms with Gasteiger partial charge in [0.05, 0.1) is 26.7 Å². The Morgan fingerprint density at radius 3 is 2.36 bits per heavy atom. The molecule has 4 heteroatoms. The summed E-state index contributed by atoms with van der Waals surface area (Å²) in [6, 6.07) is 0. The van der Waals surface area contributed by atoms with E-state index in [-0.39, 0.29) is 11.5 Å². The van der Waals surface area contributed by atoms with E-state index in [1.807, 2.05) is 13.8 Å². The highest BCUT2D eigenvalue weighted by molar-refractivity contribution is 5.69. The van der Waals surface area contributed by atoms with E-state index in [4.69, 9.17) is 10.5 Å². The van der Waals surface area contributed by atoms with Crippen LogP contribution in [0.4, 0.5) is 0 Å². The summed E-state index contributed by atoms with van der Waals surface area (Å²) in [4.78, 5) is 10.7. The lowest BCUT2D eigenvalue weighted by atomic mass is 9.96. The van der Waals surface area contributed by atoms with E-state index in [0.29, 0.717) is 19.6 Å². The topological polar surface area (TPSA) is 61.5 Å². The van der Waals surface area contributed by atoms with Gasteiger partial charge in [0.15, 0.2) is 0 Å². The first-order valence-electron chi connectivity index (χ1n) is 5.01. The Hall–Kier alpha value is -0.610. The SMILES string of the molecule is CCC(N)(CC)COCCC(=O)OC. The van der Waals surface area contributed by atoms with Crippen LogP contribution in [0.5, 0.6) is 0 Å². The van der Waals surface area contributed by atoms with E-state index >= 15 is 0 Å². The first kappa shape index (κ1) is 13.4. The van der Waals surface area contributed by atoms with Crippen molar-refractivity contribution in [3.8, 4) is 0 Å². The third kappa shape index (κ3) is 5.19. The van der Waals surface area contributed by atoms with E-state index in [1.165, 1.54) is 7.11 Å². The molecule has 0 aromatic rings. The predicted octanol–water partition coefficient (Wildman–Crippen LogP) is 1.08. The highest BCUT2D eigenvalue weighted by Crippen LogP contribution is 2.11. The van der Waals surface area contributed by atoms with Crippen LogP contribution in [-0.2, 0) is 14.3 Å². The van der Waals surface area contributed by atoms with Crippen molar-refractivity contribution in [1.29, 1.82) is 0 Å². The summed E-state index contributed by atoms with van der Waals surface area (Å²) in [7, 11) is 1.37. The number of carbonyl (C=O) groups excluding carboxylic acids is 1. The first-order chi connectivity index (χ1) is 6.58. The maximum absolute atomic E-state index is 10.7. The Morgan fingerprint density at radius 2 is 1.93 bits per heavy atom. The zero-order valence-corrected chi connectivity index (χ0v) is 9.34. The summed E-state index contributed by atoms with van der Waals surface area (Å²) in [5.41, 5.74) is 5.75. The van der Waals surface area contributed by atoms with Gasteiger partial charge in [0.1, 0.15) is 0 Å². The first-order valence-corrected chi connectivity index (χ1v) is 5.01. The Morgan fingerprint density at radius 1 is 1.36 bits per heavy atom. The molecule has 0 fully saturated rings. The number of carbonyl (C=O) groups is 1. The molecule has 0 amide bonds. The molecular formula is C10H21NO3. The van der Waals surface area contributed by atoms with Crippen LogP contribution < -0.4 is 5.73 Å². The number of hydrogen-bond donors (Lipinski definition) is 1. The van der Waals surface area contributed by atoms with E-state index in [0.717, 1.165) is 12.8 Å². The average molecular weight is 203 g/mol. The number of hydrogen-bond acceptors (Lipinski definition) is 4. The molecule has 0 aliphatic carbocycles. The van der Waals surface area contributed by atoms with Gasteiger partial charge in [-0.05, 0) is 12.8 Å². The van der Waals surface area contributed by atoms with Crippen molar-refractivity contribution in [2.45, 2.75) is 38.6 Å². The van der Waals surface area contributed by atoms with Crippen molar-refractivity contribution < 1.29 is 14.3 Å². The van der Waals surface area contributed by atoms with Crippen molar-refractivity contribution >= 4 is 5.97 Å². The molecule has 0 rings (SSSR count). The van der Waals surface area contributed by atoms with Crippen LogP contribution in [0.15, 0.2) is 0 Å². The summed E-state index contributed by atoms with van der Waals surface area (Å²) >= 11 is 0. The van der Waals surface area contributed by atoms with Gasteiger partial charge in [0.2, 0.25) is 0 Å². The third-order valence-corrected chi connectivity index (χ3v) is 2.48. The summed E-state index contributed by atoms with van der Waals surface area (Å²) in [5.74, 6) is -0.249. The number of esters is 1. The van der Waals surface area contributed by atoms with Gasteiger partial charge in [-0.25, -0.2) is 0 Å². The predicted molar refractivity (Wildman–Crippen MR) is 55.0 cm³/mol. The lowest BCUT2D eigenvalue weighted by Crippen LogP contribution is -2.43. The second-order valence-corrected chi connectivity index (χ2v) is 3.45. The highest BCUT2D eigenvalue weighted by Gasteiger charge is 2.20. The van der Waals surface area contributed by atoms with Gasteiger partial charge in [0.25, 0.3) is 0 Å². The largest absolute Gasteiger partial charge is 0.469 e. The van der Waals surface area contributed by atoms with Crippen LogP contribution in [0.2, 0.25) is 0 Å². The van der Waals surface area contributed by atoms with Crippen molar-refractivity contribution in [2.75, 3.05) is 20.3 Å². The fourth-order valence-electron chi connectivity index (χ4n) is 0.987. The van der Waals surface area contributed by atoms with Gasteiger partial charge < -0.3 is 15.2 Å². The molecule has 0 spiro atoms.